The number of amides is 1. The monoisotopic (exact) mass is 339 g/mol. The first kappa shape index (κ1) is 15.8. The Labute approximate surface area is 146 Å². The van der Waals surface area contributed by atoms with Gasteiger partial charge in [0.05, 0.1) is 12.7 Å². The number of carbonyl (C=O) groups is 1. The highest BCUT2D eigenvalue weighted by molar-refractivity contribution is 6.06. The van der Waals surface area contributed by atoms with E-state index in [1.54, 1.807) is 19.2 Å². The number of ether oxygens (including phenoxy) is 3. The molecule has 2 aliphatic rings. The smallest absolute Gasteiger partial charge is 0.259 e. The SMILES string of the molecule is COc1ccccc1C(=O)Nc1ccc2c(c1)OC1(CCCCC1)O2. The van der Waals surface area contributed by atoms with Crippen molar-refractivity contribution in [3.8, 4) is 17.2 Å². The first-order valence-electron chi connectivity index (χ1n) is 8.66. The first-order valence-corrected chi connectivity index (χ1v) is 8.66. The quantitative estimate of drug-likeness (QED) is 0.901. The minimum atomic E-state index is -0.508. The number of fused-ring (bicyclic) bond motifs is 1. The van der Waals surface area contributed by atoms with Crippen LogP contribution in [0.1, 0.15) is 42.5 Å². The van der Waals surface area contributed by atoms with Gasteiger partial charge in [0, 0.05) is 24.6 Å². The van der Waals surface area contributed by atoms with Crippen molar-refractivity contribution in [2.24, 2.45) is 0 Å². The van der Waals surface area contributed by atoms with Crippen LogP contribution in [-0.2, 0) is 0 Å². The number of hydrogen-bond donors (Lipinski definition) is 1. The van der Waals surface area contributed by atoms with Gasteiger partial charge in [-0.1, -0.05) is 18.6 Å². The molecule has 1 amide bonds. The molecule has 25 heavy (non-hydrogen) atoms. The Morgan fingerprint density at radius 2 is 1.80 bits per heavy atom. The lowest BCUT2D eigenvalue weighted by atomic mass is 9.94. The van der Waals surface area contributed by atoms with Crippen LogP contribution in [0.25, 0.3) is 0 Å². The zero-order chi connectivity index (χ0) is 17.3. The van der Waals surface area contributed by atoms with Crippen molar-refractivity contribution in [3.63, 3.8) is 0 Å². The van der Waals surface area contributed by atoms with Crippen molar-refractivity contribution in [2.45, 2.75) is 37.9 Å². The summed E-state index contributed by atoms with van der Waals surface area (Å²) in [4.78, 5) is 12.5. The Hall–Kier alpha value is -2.69. The Bertz CT molecular complexity index is 796. The number of para-hydroxylation sites is 1. The summed E-state index contributed by atoms with van der Waals surface area (Å²) in [5.74, 6) is 1.26. The molecule has 1 fully saturated rings. The molecule has 1 N–H and O–H groups in total. The van der Waals surface area contributed by atoms with Crippen molar-refractivity contribution in [3.05, 3.63) is 48.0 Å². The van der Waals surface area contributed by atoms with Gasteiger partial charge in [-0.15, -0.1) is 0 Å². The highest BCUT2D eigenvalue weighted by Crippen LogP contribution is 2.46. The van der Waals surface area contributed by atoms with Gasteiger partial charge in [0.25, 0.3) is 11.7 Å². The van der Waals surface area contributed by atoms with E-state index in [0.717, 1.165) is 31.4 Å². The Kier molecular flexibility index (Phi) is 3.99. The summed E-state index contributed by atoms with van der Waals surface area (Å²) in [6.45, 7) is 0. The summed E-state index contributed by atoms with van der Waals surface area (Å²) in [6, 6.07) is 12.7. The highest BCUT2D eigenvalue weighted by Gasteiger charge is 2.42. The number of nitrogens with one attached hydrogen (secondary N) is 1. The van der Waals surface area contributed by atoms with Crippen LogP contribution in [0.2, 0.25) is 0 Å². The Morgan fingerprint density at radius 1 is 1.04 bits per heavy atom. The van der Waals surface area contributed by atoms with Crippen molar-refractivity contribution in [1.82, 2.24) is 0 Å². The first-order chi connectivity index (χ1) is 12.2. The molecule has 2 aromatic rings. The fourth-order valence-electron chi connectivity index (χ4n) is 3.50. The Morgan fingerprint density at radius 3 is 2.60 bits per heavy atom. The molecular weight excluding hydrogens is 318 g/mol. The second-order valence-electron chi connectivity index (χ2n) is 6.49. The molecule has 130 valence electrons. The summed E-state index contributed by atoms with van der Waals surface area (Å²) in [5, 5.41) is 2.90. The van der Waals surface area contributed by atoms with Crippen LogP contribution >= 0.6 is 0 Å². The highest BCUT2D eigenvalue weighted by atomic mass is 16.7. The lowest BCUT2D eigenvalue weighted by Gasteiger charge is -2.31. The third-order valence-corrected chi connectivity index (χ3v) is 4.76. The van der Waals surface area contributed by atoms with Gasteiger partial charge in [0.15, 0.2) is 11.5 Å². The van der Waals surface area contributed by atoms with E-state index in [1.807, 2.05) is 30.3 Å². The molecule has 0 aromatic heterocycles. The van der Waals surface area contributed by atoms with Crippen LogP contribution in [0.3, 0.4) is 0 Å². The van der Waals surface area contributed by atoms with Crippen LogP contribution in [-0.4, -0.2) is 18.8 Å². The number of hydrogen-bond acceptors (Lipinski definition) is 4. The van der Waals surface area contributed by atoms with E-state index in [4.69, 9.17) is 14.2 Å². The zero-order valence-electron chi connectivity index (χ0n) is 14.2. The number of benzene rings is 2. The van der Waals surface area contributed by atoms with Crippen LogP contribution < -0.4 is 19.5 Å². The largest absolute Gasteiger partial charge is 0.496 e. The number of carbonyl (C=O) groups excluding carboxylic acids is 1. The lowest BCUT2D eigenvalue weighted by molar-refractivity contribution is -0.105. The molecular formula is C20H21NO4. The van der Waals surface area contributed by atoms with E-state index in [2.05, 4.69) is 5.32 Å². The van der Waals surface area contributed by atoms with Crippen LogP contribution in [0.15, 0.2) is 42.5 Å². The van der Waals surface area contributed by atoms with Crippen LogP contribution in [0.5, 0.6) is 17.2 Å². The zero-order valence-corrected chi connectivity index (χ0v) is 14.2. The van der Waals surface area contributed by atoms with E-state index in [0.29, 0.717) is 22.7 Å². The third kappa shape index (κ3) is 3.02. The number of methoxy groups -OCH3 is 1. The molecule has 0 radical (unpaired) electrons. The van der Waals surface area contributed by atoms with E-state index >= 15 is 0 Å². The molecule has 0 unspecified atom stereocenters. The molecule has 0 atom stereocenters. The molecule has 5 nitrogen and oxygen atoms in total. The summed E-state index contributed by atoms with van der Waals surface area (Å²) < 4.78 is 17.4. The minimum Gasteiger partial charge on any atom is -0.496 e. The standard InChI is InChI=1S/C20H21NO4/c1-23-16-8-4-3-7-15(16)19(22)21-14-9-10-17-18(13-14)25-20(24-17)11-5-2-6-12-20/h3-4,7-10,13H,2,5-6,11-12H2,1H3,(H,21,22). The van der Waals surface area contributed by atoms with Crippen molar-refractivity contribution >= 4 is 11.6 Å². The van der Waals surface area contributed by atoms with Crippen molar-refractivity contribution < 1.29 is 19.0 Å². The molecule has 1 spiro atoms. The maximum atomic E-state index is 12.5. The summed E-state index contributed by atoms with van der Waals surface area (Å²) in [7, 11) is 1.55. The molecule has 2 aromatic carbocycles. The molecule has 1 aliphatic heterocycles. The van der Waals surface area contributed by atoms with E-state index in [9.17, 15) is 4.79 Å². The molecule has 1 saturated carbocycles. The number of rotatable bonds is 3. The van der Waals surface area contributed by atoms with Gasteiger partial charge in [0.1, 0.15) is 5.75 Å². The van der Waals surface area contributed by atoms with Gasteiger partial charge < -0.3 is 19.5 Å². The van der Waals surface area contributed by atoms with Gasteiger partial charge >= 0.3 is 0 Å². The maximum Gasteiger partial charge on any atom is 0.259 e. The fourth-order valence-corrected chi connectivity index (χ4v) is 3.50. The molecule has 4 rings (SSSR count). The minimum absolute atomic E-state index is 0.219. The molecule has 1 aliphatic carbocycles. The van der Waals surface area contributed by atoms with Gasteiger partial charge in [-0.25, -0.2) is 0 Å². The second kappa shape index (κ2) is 6.31. The molecule has 5 heteroatoms. The molecule has 0 saturated heterocycles. The van der Waals surface area contributed by atoms with Gasteiger partial charge in [-0.05, 0) is 37.1 Å². The van der Waals surface area contributed by atoms with Crippen LogP contribution in [0.4, 0.5) is 5.69 Å². The summed E-state index contributed by atoms with van der Waals surface area (Å²) in [5.41, 5.74) is 1.16. The van der Waals surface area contributed by atoms with Gasteiger partial charge in [-0.3, -0.25) is 4.79 Å². The van der Waals surface area contributed by atoms with E-state index in [1.165, 1.54) is 6.42 Å². The average molecular weight is 339 g/mol. The topological polar surface area (TPSA) is 56.8 Å². The van der Waals surface area contributed by atoms with E-state index < -0.39 is 5.79 Å². The lowest BCUT2D eigenvalue weighted by Crippen LogP contribution is -2.40. The normalized spacial score (nSPS) is 17.3. The van der Waals surface area contributed by atoms with Gasteiger partial charge in [0.2, 0.25) is 0 Å². The van der Waals surface area contributed by atoms with E-state index in [-0.39, 0.29) is 5.91 Å². The van der Waals surface area contributed by atoms with Crippen molar-refractivity contribution in [1.29, 1.82) is 0 Å². The molecule has 1 heterocycles. The molecule has 0 bridgehead atoms. The average Bonchev–Trinajstić information content (AvgIpc) is 2.98. The fraction of sp³-hybridized carbons (Fsp3) is 0.350. The predicted molar refractivity (Wildman–Crippen MR) is 94.5 cm³/mol. The van der Waals surface area contributed by atoms with Crippen LogP contribution in [0, 0.1) is 0 Å². The Balaban J connectivity index is 1.52. The van der Waals surface area contributed by atoms with Crippen molar-refractivity contribution in [2.75, 3.05) is 12.4 Å². The number of anilines is 1. The maximum absolute atomic E-state index is 12.5. The van der Waals surface area contributed by atoms with Gasteiger partial charge in [-0.2, -0.15) is 0 Å². The summed E-state index contributed by atoms with van der Waals surface area (Å²) in [6.07, 6.45) is 5.27. The predicted octanol–water partition coefficient (Wildman–Crippen LogP) is 4.38. The second-order valence-corrected chi connectivity index (χ2v) is 6.49. The summed E-state index contributed by atoms with van der Waals surface area (Å²) >= 11 is 0. The third-order valence-electron chi connectivity index (χ3n) is 4.76.